The van der Waals surface area contributed by atoms with Gasteiger partial charge in [0.25, 0.3) is 0 Å². The average Bonchev–Trinajstić information content (AvgIpc) is 2.09. The Morgan fingerprint density at radius 3 is 2.36 bits per heavy atom. The van der Waals surface area contributed by atoms with E-state index in [1.807, 2.05) is 20.8 Å². The van der Waals surface area contributed by atoms with Crippen LogP contribution in [-0.4, -0.2) is 37.8 Å². The van der Waals surface area contributed by atoms with Gasteiger partial charge in [0, 0.05) is 18.3 Å². The van der Waals surface area contributed by atoms with E-state index in [-0.39, 0.29) is 10.5 Å². The minimum atomic E-state index is -0.253. The molecule has 0 aromatic heterocycles. The van der Waals surface area contributed by atoms with Crippen molar-refractivity contribution < 1.29 is 14.3 Å². The number of hydrogen-bond acceptors (Lipinski definition) is 4. The molecule has 0 atom stereocenters. The van der Waals surface area contributed by atoms with Crippen molar-refractivity contribution in [1.82, 2.24) is 0 Å². The molecule has 0 aliphatic heterocycles. The van der Waals surface area contributed by atoms with Crippen LogP contribution in [0.25, 0.3) is 0 Å². The van der Waals surface area contributed by atoms with Crippen molar-refractivity contribution in [1.29, 1.82) is 0 Å². The van der Waals surface area contributed by atoms with Gasteiger partial charge in [0.2, 0.25) is 0 Å². The molecule has 3 nitrogen and oxygen atoms in total. The Morgan fingerprint density at radius 1 is 1.21 bits per heavy atom. The Balaban J connectivity index is 3.33. The molecule has 0 unspecified atom stereocenters. The van der Waals surface area contributed by atoms with Crippen LogP contribution in [0.15, 0.2) is 0 Å². The lowest BCUT2D eigenvalue weighted by molar-refractivity contribution is -0.117. The van der Waals surface area contributed by atoms with Crippen LogP contribution in [0.5, 0.6) is 0 Å². The number of carbonyl (C=O) groups excluding carboxylic acids is 1. The predicted octanol–water partition coefficient (Wildman–Crippen LogP) is 1.96. The van der Waals surface area contributed by atoms with Crippen molar-refractivity contribution in [2.45, 2.75) is 20.8 Å². The van der Waals surface area contributed by atoms with Crippen molar-refractivity contribution in [3.05, 3.63) is 0 Å². The fraction of sp³-hybridized carbons (Fsp3) is 0.900. The van der Waals surface area contributed by atoms with Gasteiger partial charge in [0.1, 0.15) is 0 Å². The number of rotatable bonds is 6. The molecule has 0 spiro atoms. The van der Waals surface area contributed by atoms with E-state index in [0.29, 0.717) is 19.8 Å². The molecule has 4 heteroatoms. The molecular formula is C10H20O3S. The number of ether oxygens (including phenoxy) is 2. The van der Waals surface area contributed by atoms with E-state index < -0.39 is 0 Å². The smallest absolute Gasteiger partial charge is 0.194 e. The molecule has 0 rings (SSSR count). The summed E-state index contributed by atoms with van der Waals surface area (Å²) in [4.78, 5) is 11.4. The molecule has 0 aromatic rings. The van der Waals surface area contributed by atoms with Gasteiger partial charge in [-0.25, -0.2) is 0 Å². The molecule has 0 aliphatic carbocycles. The third-order valence-corrected chi connectivity index (χ3v) is 2.75. The van der Waals surface area contributed by atoms with E-state index in [1.54, 1.807) is 7.11 Å². The summed E-state index contributed by atoms with van der Waals surface area (Å²) in [7, 11) is 1.64. The molecule has 0 N–H and O–H groups in total. The lowest BCUT2D eigenvalue weighted by atomic mass is 10.00. The van der Waals surface area contributed by atoms with Crippen molar-refractivity contribution in [3.8, 4) is 0 Å². The topological polar surface area (TPSA) is 35.5 Å². The highest BCUT2D eigenvalue weighted by atomic mass is 32.2. The second-order valence-electron chi connectivity index (χ2n) is 3.99. The number of carbonyl (C=O) groups is 1. The van der Waals surface area contributed by atoms with E-state index in [9.17, 15) is 4.79 Å². The molecule has 0 bridgehead atoms. The molecule has 0 radical (unpaired) electrons. The zero-order valence-electron chi connectivity index (χ0n) is 9.46. The maximum Gasteiger partial charge on any atom is 0.194 e. The van der Waals surface area contributed by atoms with Crippen molar-refractivity contribution in [2.24, 2.45) is 5.41 Å². The largest absolute Gasteiger partial charge is 0.382 e. The third-order valence-electron chi connectivity index (χ3n) is 1.50. The Morgan fingerprint density at radius 2 is 1.86 bits per heavy atom. The number of thioether (sulfide) groups is 1. The second kappa shape index (κ2) is 7.26. The normalized spacial score (nSPS) is 11.7. The van der Waals surface area contributed by atoms with Crippen LogP contribution in [0.2, 0.25) is 0 Å². The number of hydrogen-bond donors (Lipinski definition) is 0. The van der Waals surface area contributed by atoms with Crippen LogP contribution in [0.1, 0.15) is 20.8 Å². The van der Waals surface area contributed by atoms with Crippen LogP contribution >= 0.6 is 11.8 Å². The van der Waals surface area contributed by atoms with Gasteiger partial charge in [-0.15, -0.1) is 0 Å². The predicted molar refractivity (Wildman–Crippen MR) is 59.6 cm³/mol. The van der Waals surface area contributed by atoms with E-state index in [2.05, 4.69) is 0 Å². The van der Waals surface area contributed by atoms with Crippen LogP contribution < -0.4 is 0 Å². The standard InChI is InChI=1S/C10H20O3S/c1-10(2,3)9(11)14-8-7-13-6-5-12-4/h5-8H2,1-4H3. The highest BCUT2D eigenvalue weighted by molar-refractivity contribution is 8.13. The summed E-state index contributed by atoms with van der Waals surface area (Å²) in [5.41, 5.74) is -0.253. The van der Waals surface area contributed by atoms with Crippen molar-refractivity contribution >= 4 is 16.9 Å². The molecular weight excluding hydrogens is 200 g/mol. The van der Waals surface area contributed by atoms with Crippen LogP contribution in [0.4, 0.5) is 0 Å². The van der Waals surface area contributed by atoms with Gasteiger partial charge in [-0.05, 0) is 0 Å². The minimum absolute atomic E-state index is 0.216. The first-order valence-electron chi connectivity index (χ1n) is 4.72. The monoisotopic (exact) mass is 220 g/mol. The zero-order valence-corrected chi connectivity index (χ0v) is 10.3. The van der Waals surface area contributed by atoms with Crippen molar-refractivity contribution in [2.75, 3.05) is 32.7 Å². The zero-order chi connectivity index (χ0) is 11.0. The molecule has 84 valence electrons. The molecule has 0 saturated carbocycles. The van der Waals surface area contributed by atoms with Crippen LogP contribution in [0.3, 0.4) is 0 Å². The van der Waals surface area contributed by atoms with E-state index in [1.165, 1.54) is 11.8 Å². The quantitative estimate of drug-likeness (QED) is 0.641. The lowest BCUT2D eigenvalue weighted by Crippen LogP contribution is -2.17. The molecule has 14 heavy (non-hydrogen) atoms. The Hall–Kier alpha value is -0.0600. The minimum Gasteiger partial charge on any atom is -0.382 e. The third kappa shape index (κ3) is 7.35. The summed E-state index contributed by atoms with van der Waals surface area (Å²) < 4.78 is 10.1. The molecule has 0 aliphatic rings. The summed E-state index contributed by atoms with van der Waals surface area (Å²) in [6, 6.07) is 0. The van der Waals surface area contributed by atoms with E-state index in [4.69, 9.17) is 9.47 Å². The Kier molecular flexibility index (Phi) is 7.23. The lowest BCUT2D eigenvalue weighted by Gasteiger charge is -2.15. The van der Waals surface area contributed by atoms with Crippen LogP contribution in [-0.2, 0) is 14.3 Å². The van der Waals surface area contributed by atoms with Gasteiger partial charge in [0.05, 0.1) is 19.8 Å². The van der Waals surface area contributed by atoms with Gasteiger partial charge >= 0.3 is 0 Å². The Labute approximate surface area is 90.5 Å². The fourth-order valence-electron chi connectivity index (χ4n) is 0.654. The summed E-state index contributed by atoms with van der Waals surface area (Å²) in [6.07, 6.45) is 0. The first-order valence-corrected chi connectivity index (χ1v) is 5.71. The first kappa shape index (κ1) is 13.9. The van der Waals surface area contributed by atoms with E-state index >= 15 is 0 Å². The summed E-state index contributed by atoms with van der Waals surface area (Å²) in [5, 5.41) is 0.216. The van der Waals surface area contributed by atoms with Gasteiger partial charge in [0.15, 0.2) is 5.12 Å². The van der Waals surface area contributed by atoms with Gasteiger partial charge in [-0.3, -0.25) is 4.79 Å². The highest BCUT2D eigenvalue weighted by Crippen LogP contribution is 2.22. The Bertz CT molecular complexity index is 163. The summed E-state index contributed by atoms with van der Waals surface area (Å²) in [6.45, 7) is 7.59. The maximum absolute atomic E-state index is 11.4. The molecule has 0 fully saturated rings. The first-order chi connectivity index (χ1) is 6.48. The second-order valence-corrected chi connectivity index (χ2v) is 5.06. The van der Waals surface area contributed by atoms with Crippen LogP contribution in [0, 0.1) is 5.41 Å². The van der Waals surface area contributed by atoms with Gasteiger partial charge in [-0.1, -0.05) is 32.5 Å². The maximum atomic E-state index is 11.4. The fourth-order valence-corrected chi connectivity index (χ4v) is 1.47. The molecule has 0 saturated heterocycles. The SMILES string of the molecule is COCCOCCSC(=O)C(C)(C)C. The highest BCUT2D eigenvalue weighted by Gasteiger charge is 2.20. The molecule has 0 aromatic carbocycles. The summed E-state index contributed by atoms with van der Waals surface area (Å²) >= 11 is 1.34. The number of methoxy groups -OCH3 is 1. The average molecular weight is 220 g/mol. The molecule has 0 heterocycles. The molecule has 0 amide bonds. The van der Waals surface area contributed by atoms with Gasteiger partial charge in [-0.2, -0.15) is 0 Å². The van der Waals surface area contributed by atoms with Gasteiger partial charge < -0.3 is 9.47 Å². The van der Waals surface area contributed by atoms with E-state index in [0.717, 1.165) is 5.75 Å². The van der Waals surface area contributed by atoms with Crippen molar-refractivity contribution in [3.63, 3.8) is 0 Å². The summed E-state index contributed by atoms with van der Waals surface area (Å²) in [5.74, 6) is 0.722.